The molecule has 0 aromatic rings. The first-order valence-electron chi connectivity index (χ1n) is 5.22. The van der Waals surface area contributed by atoms with Crippen molar-refractivity contribution in [1.29, 1.82) is 0 Å². The molecule has 1 fully saturated rings. The summed E-state index contributed by atoms with van der Waals surface area (Å²) in [5.41, 5.74) is 1.15. The molecular formula is C12H20O3. The SMILES string of the molecule is CC(/C=C/CO)=C\C1OCC(C)(C)CO1. The molecule has 1 heterocycles. The lowest BCUT2D eigenvalue weighted by atomic mass is 9.95. The Morgan fingerprint density at radius 1 is 1.40 bits per heavy atom. The summed E-state index contributed by atoms with van der Waals surface area (Å²) in [7, 11) is 0. The van der Waals surface area contributed by atoms with Gasteiger partial charge < -0.3 is 14.6 Å². The van der Waals surface area contributed by atoms with E-state index >= 15 is 0 Å². The largest absolute Gasteiger partial charge is 0.392 e. The van der Waals surface area contributed by atoms with Crippen LogP contribution in [-0.2, 0) is 9.47 Å². The minimum Gasteiger partial charge on any atom is -0.392 e. The molecular weight excluding hydrogens is 192 g/mol. The highest BCUT2D eigenvalue weighted by Crippen LogP contribution is 2.23. The van der Waals surface area contributed by atoms with Crippen LogP contribution in [0, 0.1) is 5.41 Å². The average Bonchev–Trinajstić information content (AvgIpc) is 2.18. The van der Waals surface area contributed by atoms with Crippen molar-refractivity contribution < 1.29 is 14.6 Å². The smallest absolute Gasteiger partial charge is 0.177 e. The minimum absolute atomic E-state index is 0.0601. The van der Waals surface area contributed by atoms with Crippen molar-refractivity contribution in [2.75, 3.05) is 19.8 Å². The van der Waals surface area contributed by atoms with Gasteiger partial charge in [0.15, 0.2) is 6.29 Å². The number of hydrogen-bond acceptors (Lipinski definition) is 3. The molecule has 1 N–H and O–H groups in total. The summed E-state index contributed by atoms with van der Waals surface area (Å²) in [6.07, 6.45) is 5.22. The Kier molecular flexibility index (Phi) is 4.51. The van der Waals surface area contributed by atoms with Crippen molar-refractivity contribution in [3.05, 3.63) is 23.8 Å². The standard InChI is InChI=1S/C12H20O3/c1-10(5-4-6-13)7-11-14-8-12(2,3)9-15-11/h4-5,7,11,13H,6,8-9H2,1-3H3/b5-4+,10-7+. The Hall–Kier alpha value is -0.640. The minimum atomic E-state index is -0.249. The van der Waals surface area contributed by atoms with E-state index in [4.69, 9.17) is 14.6 Å². The van der Waals surface area contributed by atoms with E-state index in [1.165, 1.54) is 0 Å². The number of allylic oxidation sites excluding steroid dienone is 2. The van der Waals surface area contributed by atoms with Crippen LogP contribution >= 0.6 is 0 Å². The third kappa shape index (κ3) is 4.60. The number of ether oxygens (including phenoxy) is 2. The van der Waals surface area contributed by atoms with E-state index in [-0.39, 0.29) is 18.3 Å². The van der Waals surface area contributed by atoms with Crippen LogP contribution in [-0.4, -0.2) is 31.2 Å². The van der Waals surface area contributed by atoms with Gasteiger partial charge in [0, 0.05) is 5.41 Å². The van der Waals surface area contributed by atoms with Gasteiger partial charge in [-0.05, 0) is 13.0 Å². The summed E-state index contributed by atoms with van der Waals surface area (Å²) in [4.78, 5) is 0. The van der Waals surface area contributed by atoms with Crippen LogP contribution in [0.3, 0.4) is 0 Å². The van der Waals surface area contributed by atoms with E-state index < -0.39 is 0 Å². The first-order valence-corrected chi connectivity index (χ1v) is 5.22. The fourth-order valence-electron chi connectivity index (χ4n) is 1.31. The lowest BCUT2D eigenvalue weighted by molar-refractivity contribution is -0.197. The molecule has 86 valence electrons. The second-order valence-corrected chi connectivity index (χ2v) is 4.65. The summed E-state index contributed by atoms with van der Waals surface area (Å²) in [6.45, 7) is 7.68. The van der Waals surface area contributed by atoms with Gasteiger partial charge in [-0.1, -0.05) is 31.6 Å². The molecule has 15 heavy (non-hydrogen) atoms. The topological polar surface area (TPSA) is 38.7 Å². The third-order valence-electron chi connectivity index (χ3n) is 2.16. The van der Waals surface area contributed by atoms with Crippen LogP contribution in [0.2, 0.25) is 0 Å². The third-order valence-corrected chi connectivity index (χ3v) is 2.16. The fraction of sp³-hybridized carbons (Fsp3) is 0.667. The van der Waals surface area contributed by atoms with E-state index in [1.807, 2.05) is 19.1 Å². The molecule has 3 heteroatoms. The van der Waals surface area contributed by atoms with Crippen molar-refractivity contribution in [3.63, 3.8) is 0 Å². The second kappa shape index (κ2) is 5.45. The highest BCUT2D eigenvalue weighted by Gasteiger charge is 2.26. The van der Waals surface area contributed by atoms with E-state index in [0.29, 0.717) is 13.2 Å². The highest BCUT2D eigenvalue weighted by molar-refractivity contribution is 5.16. The second-order valence-electron chi connectivity index (χ2n) is 4.65. The Bertz CT molecular complexity index is 244. The van der Waals surface area contributed by atoms with Gasteiger partial charge in [-0.15, -0.1) is 0 Å². The maximum absolute atomic E-state index is 8.61. The average molecular weight is 212 g/mol. The molecule has 0 saturated carbocycles. The molecule has 0 unspecified atom stereocenters. The molecule has 0 aliphatic carbocycles. The van der Waals surface area contributed by atoms with Crippen LogP contribution in [0.5, 0.6) is 0 Å². The summed E-state index contributed by atoms with van der Waals surface area (Å²) < 4.78 is 11.1. The Labute approximate surface area is 91.4 Å². The highest BCUT2D eigenvalue weighted by atomic mass is 16.7. The van der Waals surface area contributed by atoms with Gasteiger partial charge in [0.05, 0.1) is 19.8 Å². The molecule has 1 aliphatic rings. The normalized spacial score (nSPS) is 23.6. The number of rotatable bonds is 3. The molecule has 0 amide bonds. The van der Waals surface area contributed by atoms with Gasteiger partial charge in [-0.25, -0.2) is 0 Å². The van der Waals surface area contributed by atoms with Crippen molar-refractivity contribution >= 4 is 0 Å². The summed E-state index contributed by atoms with van der Waals surface area (Å²) in [5, 5.41) is 8.61. The van der Waals surface area contributed by atoms with E-state index in [2.05, 4.69) is 13.8 Å². The molecule has 0 aromatic carbocycles. The first kappa shape index (κ1) is 12.4. The monoisotopic (exact) mass is 212 g/mol. The van der Waals surface area contributed by atoms with Crippen LogP contribution < -0.4 is 0 Å². The quantitative estimate of drug-likeness (QED) is 0.726. The summed E-state index contributed by atoms with van der Waals surface area (Å²) >= 11 is 0. The zero-order valence-corrected chi connectivity index (χ0v) is 9.69. The van der Waals surface area contributed by atoms with E-state index in [9.17, 15) is 0 Å². The summed E-state index contributed by atoms with van der Waals surface area (Å²) in [5.74, 6) is 0. The number of aliphatic hydroxyl groups is 1. The van der Waals surface area contributed by atoms with Crippen LogP contribution in [0.15, 0.2) is 23.8 Å². The molecule has 0 aromatic heterocycles. The Balaban J connectivity index is 2.44. The van der Waals surface area contributed by atoms with E-state index in [0.717, 1.165) is 5.57 Å². The van der Waals surface area contributed by atoms with Gasteiger partial charge in [-0.2, -0.15) is 0 Å². The zero-order valence-electron chi connectivity index (χ0n) is 9.69. The van der Waals surface area contributed by atoms with Gasteiger partial charge >= 0.3 is 0 Å². The van der Waals surface area contributed by atoms with Gasteiger partial charge in [-0.3, -0.25) is 0 Å². The molecule has 0 bridgehead atoms. The molecule has 1 rings (SSSR count). The van der Waals surface area contributed by atoms with Crippen LogP contribution in [0.25, 0.3) is 0 Å². The van der Waals surface area contributed by atoms with Crippen molar-refractivity contribution in [2.45, 2.75) is 27.1 Å². The number of hydrogen-bond donors (Lipinski definition) is 1. The van der Waals surface area contributed by atoms with Gasteiger partial charge in [0.2, 0.25) is 0 Å². The van der Waals surface area contributed by atoms with Crippen molar-refractivity contribution in [2.24, 2.45) is 5.41 Å². The number of aliphatic hydroxyl groups excluding tert-OH is 1. The van der Waals surface area contributed by atoms with Crippen LogP contribution in [0.1, 0.15) is 20.8 Å². The molecule has 0 radical (unpaired) electrons. The van der Waals surface area contributed by atoms with Crippen molar-refractivity contribution in [3.8, 4) is 0 Å². The molecule has 0 spiro atoms. The predicted octanol–water partition coefficient (Wildman–Crippen LogP) is 1.88. The lowest BCUT2D eigenvalue weighted by Crippen LogP contribution is -2.36. The maximum atomic E-state index is 8.61. The first-order chi connectivity index (χ1) is 7.03. The lowest BCUT2D eigenvalue weighted by Gasteiger charge is -2.33. The van der Waals surface area contributed by atoms with E-state index in [1.54, 1.807) is 6.08 Å². The maximum Gasteiger partial charge on any atom is 0.177 e. The molecule has 1 saturated heterocycles. The summed E-state index contributed by atoms with van der Waals surface area (Å²) in [6, 6.07) is 0. The molecule has 1 aliphatic heterocycles. The molecule has 0 atom stereocenters. The molecule has 3 nitrogen and oxygen atoms in total. The van der Waals surface area contributed by atoms with Gasteiger partial charge in [0.25, 0.3) is 0 Å². The van der Waals surface area contributed by atoms with Crippen LogP contribution in [0.4, 0.5) is 0 Å². The Morgan fingerprint density at radius 3 is 2.53 bits per heavy atom. The fourth-order valence-corrected chi connectivity index (χ4v) is 1.31. The van der Waals surface area contributed by atoms with Crippen molar-refractivity contribution in [1.82, 2.24) is 0 Å². The Morgan fingerprint density at radius 2 is 2.00 bits per heavy atom. The van der Waals surface area contributed by atoms with Gasteiger partial charge in [0.1, 0.15) is 0 Å². The predicted molar refractivity (Wildman–Crippen MR) is 59.5 cm³/mol. The zero-order chi connectivity index (χ0) is 11.3.